The molecule has 0 atom stereocenters. The maximum absolute atomic E-state index is 12.6. The van der Waals surface area contributed by atoms with Crippen LogP contribution in [-0.2, 0) is 23.5 Å². The summed E-state index contributed by atoms with van der Waals surface area (Å²) in [4.78, 5) is 14.5. The molecule has 0 spiro atoms. The Morgan fingerprint density at radius 3 is 2.54 bits per heavy atom. The highest BCUT2D eigenvalue weighted by Crippen LogP contribution is 2.33. The fraction of sp³-hybridized carbons (Fsp3) is 0.381. The van der Waals surface area contributed by atoms with Crippen LogP contribution in [0.5, 0.6) is 11.5 Å². The summed E-state index contributed by atoms with van der Waals surface area (Å²) in [5.74, 6) is 3.04. The van der Waals surface area contributed by atoms with Crippen LogP contribution in [0.2, 0.25) is 0 Å². The summed E-state index contributed by atoms with van der Waals surface area (Å²) in [6, 6.07) is 12.5. The van der Waals surface area contributed by atoms with E-state index in [2.05, 4.69) is 31.2 Å². The number of rotatable bonds is 6. The normalized spacial score (nSPS) is 13.3. The molecule has 0 fully saturated rings. The Morgan fingerprint density at radius 2 is 1.85 bits per heavy atom. The van der Waals surface area contributed by atoms with Gasteiger partial charge in [-0.1, -0.05) is 29.8 Å². The summed E-state index contributed by atoms with van der Waals surface area (Å²) in [6.07, 6.45) is 0.851. The minimum absolute atomic E-state index is 0.197. The predicted octanol–water partition coefficient (Wildman–Crippen LogP) is 3.83. The molecule has 0 unspecified atom stereocenters. The number of amides is 1. The maximum atomic E-state index is 12.6. The van der Waals surface area contributed by atoms with Gasteiger partial charge in [-0.05, 0) is 42.2 Å². The van der Waals surface area contributed by atoms with E-state index in [9.17, 15) is 4.79 Å². The number of benzene rings is 2. The Labute approximate surface area is 159 Å². The van der Waals surface area contributed by atoms with E-state index in [4.69, 9.17) is 9.47 Å². The van der Waals surface area contributed by atoms with Crippen LogP contribution in [0, 0.1) is 6.92 Å². The van der Waals surface area contributed by atoms with Gasteiger partial charge in [0.25, 0.3) is 0 Å². The van der Waals surface area contributed by atoms with Gasteiger partial charge in [0.2, 0.25) is 5.91 Å². The van der Waals surface area contributed by atoms with Gasteiger partial charge >= 0.3 is 0 Å². The van der Waals surface area contributed by atoms with Gasteiger partial charge in [0.05, 0.1) is 20.0 Å². The van der Waals surface area contributed by atoms with Crippen molar-refractivity contribution in [2.75, 3.05) is 26.5 Å². The van der Waals surface area contributed by atoms with Gasteiger partial charge in [-0.15, -0.1) is 11.8 Å². The highest BCUT2D eigenvalue weighted by Gasteiger charge is 2.22. The lowest BCUT2D eigenvalue weighted by Gasteiger charge is -2.29. The van der Waals surface area contributed by atoms with E-state index in [-0.39, 0.29) is 5.91 Å². The van der Waals surface area contributed by atoms with Crippen molar-refractivity contribution >= 4 is 17.7 Å². The smallest absolute Gasteiger partial charge is 0.232 e. The van der Waals surface area contributed by atoms with E-state index < -0.39 is 0 Å². The lowest BCUT2D eigenvalue weighted by molar-refractivity contribution is -0.129. The van der Waals surface area contributed by atoms with Crippen molar-refractivity contribution in [2.24, 2.45) is 0 Å². The highest BCUT2D eigenvalue weighted by atomic mass is 32.2. The standard InChI is InChI=1S/C21H25NO3S/c1-15-5-4-6-16(9-15)13-26-14-21(23)22-8-7-17-10-19(24-2)20(25-3)11-18(17)12-22/h4-6,9-11H,7-8,12-14H2,1-3H3. The molecule has 1 aliphatic rings. The zero-order valence-corrected chi connectivity index (χ0v) is 16.4. The van der Waals surface area contributed by atoms with Crippen LogP contribution in [0.1, 0.15) is 22.3 Å². The second kappa shape index (κ2) is 8.49. The first-order valence-corrected chi connectivity index (χ1v) is 9.91. The van der Waals surface area contributed by atoms with Crippen molar-refractivity contribution in [1.82, 2.24) is 4.90 Å². The van der Waals surface area contributed by atoms with Gasteiger partial charge in [-0.2, -0.15) is 0 Å². The van der Waals surface area contributed by atoms with Crippen LogP contribution in [0.4, 0.5) is 0 Å². The molecular formula is C21H25NO3S. The molecule has 138 valence electrons. The van der Waals surface area contributed by atoms with Gasteiger partial charge in [-0.3, -0.25) is 4.79 Å². The number of aryl methyl sites for hydroxylation is 1. The molecule has 2 aromatic carbocycles. The number of fused-ring (bicyclic) bond motifs is 1. The summed E-state index contributed by atoms with van der Waals surface area (Å²) in [6.45, 7) is 3.49. The molecule has 26 heavy (non-hydrogen) atoms. The summed E-state index contributed by atoms with van der Waals surface area (Å²) < 4.78 is 10.8. The lowest BCUT2D eigenvalue weighted by atomic mass is 9.99. The van der Waals surface area contributed by atoms with Crippen molar-refractivity contribution in [3.05, 3.63) is 58.7 Å². The van der Waals surface area contributed by atoms with E-state index in [1.807, 2.05) is 17.0 Å². The third-order valence-corrected chi connectivity index (χ3v) is 5.64. The molecule has 0 saturated heterocycles. The molecular weight excluding hydrogens is 346 g/mol. The predicted molar refractivity (Wildman–Crippen MR) is 106 cm³/mol. The van der Waals surface area contributed by atoms with E-state index in [1.165, 1.54) is 16.7 Å². The van der Waals surface area contributed by atoms with Crippen LogP contribution in [0.15, 0.2) is 36.4 Å². The van der Waals surface area contributed by atoms with Gasteiger partial charge in [-0.25, -0.2) is 0 Å². The largest absolute Gasteiger partial charge is 0.493 e. The topological polar surface area (TPSA) is 38.8 Å². The first-order chi connectivity index (χ1) is 12.6. The summed E-state index contributed by atoms with van der Waals surface area (Å²) in [5, 5.41) is 0. The number of methoxy groups -OCH3 is 2. The first-order valence-electron chi connectivity index (χ1n) is 8.75. The van der Waals surface area contributed by atoms with E-state index >= 15 is 0 Å². The lowest BCUT2D eigenvalue weighted by Crippen LogP contribution is -2.37. The summed E-state index contributed by atoms with van der Waals surface area (Å²) >= 11 is 1.68. The molecule has 1 aliphatic heterocycles. The SMILES string of the molecule is COc1cc2c(cc1OC)CN(C(=O)CSCc1cccc(C)c1)CC2. The van der Waals surface area contributed by atoms with E-state index in [0.29, 0.717) is 12.3 Å². The molecule has 1 amide bonds. The fourth-order valence-corrected chi connectivity index (χ4v) is 4.12. The van der Waals surface area contributed by atoms with Crippen LogP contribution >= 0.6 is 11.8 Å². The van der Waals surface area contributed by atoms with Crippen molar-refractivity contribution in [3.63, 3.8) is 0 Å². The van der Waals surface area contributed by atoms with Crippen LogP contribution in [0.3, 0.4) is 0 Å². The van der Waals surface area contributed by atoms with Crippen LogP contribution in [0.25, 0.3) is 0 Å². The quantitative estimate of drug-likeness (QED) is 0.774. The number of hydrogen-bond acceptors (Lipinski definition) is 4. The molecule has 2 aromatic rings. The van der Waals surface area contributed by atoms with Gasteiger partial charge in [0.15, 0.2) is 11.5 Å². The first kappa shape index (κ1) is 18.6. The van der Waals surface area contributed by atoms with Crippen molar-refractivity contribution in [2.45, 2.75) is 25.6 Å². The van der Waals surface area contributed by atoms with Crippen molar-refractivity contribution in [1.29, 1.82) is 0 Å². The Balaban J connectivity index is 1.58. The summed E-state index contributed by atoms with van der Waals surface area (Å²) in [7, 11) is 3.28. The zero-order valence-electron chi connectivity index (χ0n) is 15.6. The third-order valence-electron chi connectivity index (χ3n) is 4.65. The molecule has 4 nitrogen and oxygen atoms in total. The molecule has 0 bridgehead atoms. The average molecular weight is 372 g/mol. The maximum Gasteiger partial charge on any atom is 0.232 e. The second-order valence-electron chi connectivity index (χ2n) is 6.52. The molecule has 0 aliphatic carbocycles. The Bertz CT molecular complexity index is 791. The van der Waals surface area contributed by atoms with Crippen molar-refractivity contribution < 1.29 is 14.3 Å². The van der Waals surface area contributed by atoms with Gasteiger partial charge in [0.1, 0.15) is 0 Å². The monoisotopic (exact) mass is 371 g/mol. The molecule has 0 saturated carbocycles. The number of carbonyl (C=O) groups is 1. The molecule has 0 radical (unpaired) electrons. The van der Waals surface area contributed by atoms with Gasteiger partial charge < -0.3 is 14.4 Å². The number of nitrogens with zero attached hydrogens (tertiary/aromatic N) is 1. The van der Waals surface area contributed by atoms with Gasteiger partial charge in [0, 0.05) is 18.8 Å². The minimum Gasteiger partial charge on any atom is -0.493 e. The Morgan fingerprint density at radius 1 is 1.12 bits per heavy atom. The van der Waals surface area contributed by atoms with E-state index in [0.717, 1.165) is 35.8 Å². The molecule has 5 heteroatoms. The Kier molecular flexibility index (Phi) is 6.09. The number of hydrogen-bond donors (Lipinski definition) is 0. The van der Waals surface area contributed by atoms with Crippen molar-refractivity contribution in [3.8, 4) is 11.5 Å². The molecule has 1 heterocycles. The van der Waals surface area contributed by atoms with Crippen LogP contribution in [-0.4, -0.2) is 37.3 Å². The third kappa shape index (κ3) is 4.33. The second-order valence-corrected chi connectivity index (χ2v) is 7.51. The zero-order chi connectivity index (χ0) is 18.5. The summed E-state index contributed by atoms with van der Waals surface area (Å²) in [5.41, 5.74) is 4.90. The number of thioether (sulfide) groups is 1. The molecule has 0 N–H and O–H groups in total. The Hall–Kier alpha value is -2.14. The molecule has 0 aromatic heterocycles. The fourth-order valence-electron chi connectivity index (χ4n) is 3.25. The number of carbonyl (C=O) groups excluding carboxylic acids is 1. The average Bonchev–Trinajstić information content (AvgIpc) is 2.66. The number of ether oxygens (including phenoxy) is 2. The van der Waals surface area contributed by atoms with Crippen LogP contribution < -0.4 is 9.47 Å². The molecule has 3 rings (SSSR count). The highest BCUT2D eigenvalue weighted by molar-refractivity contribution is 7.99. The van der Waals surface area contributed by atoms with E-state index in [1.54, 1.807) is 26.0 Å². The minimum atomic E-state index is 0.197.